The van der Waals surface area contributed by atoms with Crippen molar-refractivity contribution in [1.82, 2.24) is 19.7 Å². The Morgan fingerprint density at radius 1 is 1.28 bits per heavy atom. The predicted octanol–water partition coefficient (Wildman–Crippen LogP) is 2.35. The van der Waals surface area contributed by atoms with Crippen molar-refractivity contribution in [3.8, 4) is 11.5 Å². The summed E-state index contributed by atoms with van der Waals surface area (Å²) in [5, 5.41) is 8.57. The number of rotatable bonds is 5. The second-order valence-electron chi connectivity index (χ2n) is 7.73. The molecule has 2 aliphatic rings. The van der Waals surface area contributed by atoms with E-state index in [0.29, 0.717) is 43.4 Å². The second kappa shape index (κ2) is 8.02. The number of amides is 1. The van der Waals surface area contributed by atoms with Gasteiger partial charge in [-0.2, -0.15) is 0 Å². The molecule has 8 heteroatoms. The second-order valence-corrected chi connectivity index (χ2v) is 7.73. The van der Waals surface area contributed by atoms with E-state index in [1.807, 2.05) is 11.0 Å². The molecule has 1 spiro atoms. The highest BCUT2D eigenvalue weighted by molar-refractivity contribution is 5.98. The molecular weight excluding hydrogens is 372 g/mol. The van der Waals surface area contributed by atoms with Crippen LogP contribution >= 0.6 is 0 Å². The Morgan fingerprint density at radius 2 is 2.07 bits per heavy atom. The van der Waals surface area contributed by atoms with Crippen LogP contribution in [0.4, 0.5) is 0 Å². The molecule has 0 N–H and O–H groups in total. The molecule has 29 heavy (non-hydrogen) atoms. The van der Waals surface area contributed by atoms with Crippen LogP contribution in [0.25, 0.3) is 0 Å². The summed E-state index contributed by atoms with van der Waals surface area (Å²) < 4.78 is 18.6. The third-order valence-corrected chi connectivity index (χ3v) is 6.35. The maximum absolute atomic E-state index is 13.5. The Balaban J connectivity index is 1.69. The maximum Gasteiger partial charge on any atom is 0.257 e. The molecule has 0 bridgehead atoms. The zero-order valence-electron chi connectivity index (χ0n) is 17.3. The van der Waals surface area contributed by atoms with E-state index in [1.54, 1.807) is 32.7 Å². The third kappa shape index (κ3) is 3.35. The van der Waals surface area contributed by atoms with Gasteiger partial charge in [-0.1, -0.05) is 6.07 Å². The molecule has 1 atom stereocenters. The quantitative estimate of drug-likeness (QED) is 0.767. The summed E-state index contributed by atoms with van der Waals surface area (Å²) in [5.74, 6) is 2.08. The summed E-state index contributed by atoms with van der Waals surface area (Å²) in [6.07, 6.45) is 3.60. The highest BCUT2D eigenvalue weighted by Gasteiger charge is 2.51. The van der Waals surface area contributed by atoms with Crippen molar-refractivity contribution >= 4 is 5.91 Å². The van der Waals surface area contributed by atoms with Crippen molar-refractivity contribution in [2.75, 3.05) is 40.5 Å². The van der Waals surface area contributed by atoms with Crippen molar-refractivity contribution in [2.45, 2.75) is 32.2 Å². The van der Waals surface area contributed by atoms with Crippen molar-refractivity contribution in [3.05, 3.63) is 35.9 Å². The number of carbonyl (C=O) groups excluding carboxylic acids is 1. The smallest absolute Gasteiger partial charge is 0.257 e. The van der Waals surface area contributed by atoms with E-state index in [-0.39, 0.29) is 17.2 Å². The molecule has 4 rings (SSSR count). The highest BCUT2D eigenvalue weighted by atomic mass is 16.5. The molecule has 1 unspecified atom stereocenters. The summed E-state index contributed by atoms with van der Waals surface area (Å²) in [7, 11) is 3.14. The van der Waals surface area contributed by atoms with Crippen LogP contribution in [0.15, 0.2) is 24.5 Å². The summed E-state index contributed by atoms with van der Waals surface area (Å²) in [5.41, 5.74) is 0.478. The number of nitrogens with zero attached hydrogens (tertiary/aromatic N) is 4. The lowest BCUT2D eigenvalue weighted by molar-refractivity contribution is 0.0107. The molecule has 3 heterocycles. The molecule has 2 aromatic rings. The van der Waals surface area contributed by atoms with Crippen LogP contribution in [0.3, 0.4) is 0 Å². The predicted molar refractivity (Wildman–Crippen MR) is 106 cm³/mol. The molecule has 156 valence electrons. The Bertz CT molecular complexity index is 875. The van der Waals surface area contributed by atoms with Gasteiger partial charge in [0, 0.05) is 44.2 Å². The van der Waals surface area contributed by atoms with Gasteiger partial charge in [0.15, 0.2) is 11.5 Å². The highest BCUT2D eigenvalue weighted by Crippen LogP contribution is 2.49. The van der Waals surface area contributed by atoms with Gasteiger partial charge in [0.2, 0.25) is 0 Å². The summed E-state index contributed by atoms with van der Waals surface area (Å²) in [6, 6.07) is 5.41. The molecule has 1 amide bonds. The Labute approximate surface area is 170 Å². The zero-order valence-corrected chi connectivity index (χ0v) is 17.3. The van der Waals surface area contributed by atoms with Crippen LogP contribution in [0.5, 0.6) is 11.5 Å². The maximum atomic E-state index is 13.5. The number of methoxy groups -OCH3 is 2. The SMILES string of the molecule is CCn1cnnc1C1CN(C(=O)c2cccc(OC)c2OC)CC12CCOCC2. The first-order chi connectivity index (χ1) is 14.1. The summed E-state index contributed by atoms with van der Waals surface area (Å²) >= 11 is 0. The van der Waals surface area contributed by atoms with Crippen molar-refractivity contribution in [1.29, 1.82) is 0 Å². The number of benzene rings is 1. The molecule has 2 aliphatic heterocycles. The Kier molecular flexibility index (Phi) is 5.45. The van der Waals surface area contributed by atoms with Crippen LogP contribution < -0.4 is 9.47 Å². The minimum atomic E-state index is -0.0447. The monoisotopic (exact) mass is 400 g/mol. The van der Waals surface area contributed by atoms with E-state index >= 15 is 0 Å². The first-order valence-electron chi connectivity index (χ1n) is 10.1. The third-order valence-electron chi connectivity index (χ3n) is 6.35. The van der Waals surface area contributed by atoms with Crippen molar-refractivity contribution in [2.24, 2.45) is 5.41 Å². The van der Waals surface area contributed by atoms with Crippen molar-refractivity contribution < 1.29 is 19.0 Å². The molecule has 0 saturated carbocycles. The molecular formula is C21H28N4O4. The molecule has 2 saturated heterocycles. The minimum Gasteiger partial charge on any atom is -0.493 e. The lowest BCUT2D eigenvalue weighted by atomic mass is 9.71. The van der Waals surface area contributed by atoms with Crippen LogP contribution in [-0.2, 0) is 11.3 Å². The standard InChI is InChI=1S/C21H28N4O4/c1-4-24-14-22-23-19(24)16-12-25(13-21(16)8-10-29-11-9-21)20(26)15-6-5-7-17(27-2)18(15)28-3/h5-7,14,16H,4,8-13H2,1-3H3. The fourth-order valence-electron chi connectivity index (χ4n) is 4.77. The van der Waals surface area contributed by atoms with Gasteiger partial charge in [-0.15, -0.1) is 10.2 Å². The van der Waals surface area contributed by atoms with Crippen molar-refractivity contribution in [3.63, 3.8) is 0 Å². The topological polar surface area (TPSA) is 78.7 Å². The van der Waals surface area contributed by atoms with Gasteiger partial charge >= 0.3 is 0 Å². The van der Waals surface area contributed by atoms with Gasteiger partial charge < -0.3 is 23.7 Å². The van der Waals surface area contributed by atoms with Gasteiger partial charge in [-0.25, -0.2) is 0 Å². The van der Waals surface area contributed by atoms with E-state index in [2.05, 4.69) is 21.7 Å². The van der Waals surface area contributed by atoms with Gasteiger partial charge in [-0.3, -0.25) is 4.79 Å². The van der Waals surface area contributed by atoms with E-state index < -0.39 is 0 Å². The number of para-hydroxylation sites is 1. The average molecular weight is 400 g/mol. The van der Waals surface area contributed by atoms with Crippen LogP contribution in [0.2, 0.25) is 0 Å². The average Bonchev–Trinajstić information content (AvgIpc) is 3.37. The number of hydrogen-bond acceptors (Lipinski definition) is 6. The lowest BCUT2D eigenvalue weighted by Crippen LogP contribution is -2.37. The molecule has 1 aromatic heterocycles. The van der Waals surface area contributed by atoms with E-state index in [1.165, 1.54) is 0 Å². The lowest BCUT2D eigenvalue weighted by Gasteiger charge is -2.37. The largest absolute Gasteiger partial charge is 0.493 e. The molecule has 8 nitrogen and oxygen atoms in total. The fourth-order valence-corrected chi connectivity index (χ4v) is 4.77. The van der Waals surface area contributed by atoms with Crippen LogP contribution in [-0.4, -0.2) is 66.1 Å². The number of hydrogen-bond donors (Lipinski definition) is 0. The first-order valence-corrected chi connectivity index (χ1v) is 10.1. The summed E-state index contributed by atoms with van der Waals surface area (Å²) in [4.78, 5) is 15.4. The van der Waals surface area contributed by atoms with E-state index in [4.69, 9.17) is 14.2 Å². The molecule has 2 fully saturated rings. The molecule has 0 radical (unpaired) electrons. The minimum absolute atomic E-state index is 0.0417. The number of aryl methyl sites for hydroxylation is 1. The van der Waals surface area contributed by atoms with Gasteiger partial charge in [-0.05, 0) is 31.9 Å². The van der Waals surface area contributed by atoms with E-state index in [9.17, 15) is 4.79 Å². The van der Waals surface area contributed by atoms with Crippen LogP contribution in [0, 0.1) is 5.41 Å². The van der Waals surface area contributed by atoms with Crippen LogP contribution in [0.1, 0.15) is 41.9 Å². The fraction of sp³-hybridized carbons (Fsp3) is 0.571. The summed E-state index contributed by atoms with van der Waals surface area (Å²) in [6.45, 7) is 5.60. The first kappa shape index (κ1) is 19.7. The van der Waals surface area contributed by atoms with Gasteiger partial charge in [0.25, 0.3) is 5.91 Å². The van der Waals surface area contributed by atoms with Gasteiger partial charge in [0.05, 0.1) is 19.8 Å². The van der Waals surface area contributed by atoms with Gasteiger partial charge in [0.1, 0.15) is 12.2 Å². The Hall–Kier alpha value is -2.61. The zero-order chi connectivity index (χ0) is 20.4. The molecule has 0 aliphatic carbocycles. The number of likely N-dealkylation sites (tertiary alicyclic amines) is 1. The number of ether oxygens (including phenoxy) is 3. The number of aromatic nitrogens is 3. The Morgan fingerprint density at radius 3 is 2.76 bits per heavy atom. The van der Waals surface area contributed by atoms with E-state index in [0.717, 1.165) is 25.2 Å². The normalized spacial score (nSPS) is 20.8. The molecule has 1 aromatic carbocycles. The number of carbonyl (C=O) groups is 1.